The highest BCUT2D eigenvalue weighted by molar-refractivity contribution is 5.77. The second-order valence-electron chi connectivity index (χ2n) is 6.52. The lowest BCUT2D eigenvalue weighted by atomic mass is 9.81. The second-order valence-corrected chi connectivity index (χ2v) is 6.52. The number of aliphatic carboxylic acids is 1. The fraction of sp³-hybridized carbons (Fsp3) is 0.562. The number of carboxylic acid groups (broad SMARTS) is 1. The second kappa shape index (κ2) is 6.14. The molecule has 23 heavy (non-hydrogen) atoms. The molecule has 2 fully saturated rings. The third kappa shape index (κ3) is 2.96. The molecule has 0 aromatic heterocycles. The summed E-state index contributed by atoms with van der Waals surface area (Å²) in [6, 6.07) is 3.47. The van der Waals surface area contributed by atoms with Crippen molar-refractivity contribution in [3.05, 3.63) is 35.4 Å². The number of aliphatic hydroxyl groups excluding tert-OH is 1. The number of hydrogen-bond acceptors (Lipinski definition) is 4. The fourth-order valence-corrected chi connectivity index (χ4v) is 3.90. The number of carbonyl (C=O) groups is 1. The van der Waals surface area contributed by atoms with Crippen molar-refractivity contribution >= 4 is 5.97 Å². The van der Waals surface area contributed by atoms with Crippen molar-refractivity contribution in [3.63, 3.8) is 0 Å². The molecule has 0 amide bonds. The van der Waals surface area contributed by atoms with Gasteiger partial charge in [0, 0.05) is 56.8 Å². The van der Waals surface area contributed by atoms with Crippen LogP contribution in [0.1, 0.15) is 5.56 Å². The summed E-state index contributed by atoms with van der Waals surface area (Å²) in [6.07, 6.45) is 0. The van der Waals surface area contributed by atoms with Crippen LogP contribution in [0.4, 0.5) is 8.78 Å². The maximum atomic E-state index is 13.8. The largest absolute Gasteiger partial charge is 0.481 e. The van der Waals surface area contributed by atoms with Crippen molar-refractivity contribution in [3.8, 4) is 0 Å². The minimum Gasteiger partial charge on any atom is -0.481 e. The molecular formula is C16H20F2N2O3. The van der Waals surface area contributed by atoms with Gasteiger partial charge in [0.15, 0.2) is 0 Å². The molecule has 126 valence electrons. The van der Waals surface area contributed by atoms with Crippen molar-refractivity contribution < 1.29 is 23.8 Å². The Labute approximate surface area is 133 Å². The van der Waals surface area contributed by atoms with Crippen LogP contribution >= 0.6 is 0 Å². The lowest BCUT2D eigenvalue weighted by molar-refractivity contribution is -0.149. The molecule has 0 aliphatic carbocycles. The third-order valence-corrected chi connectivity index (χ3v) is 5.00. The van der Waals surface area contributed by atoms with Crippen LogP contribution in [-0.4, -0.2) is 65.3 Å². The smallest absolute Gasteiger partial charge is 0.312 e. The highest BCUT2D eigenvalue weighted by Crippen LogP contribution is 2.43. The average molecular weight is 326 g/mol. The van der Waals surface area contributed by atoms with E-state index in [1.54, 1.807) is 0 Å². The van der Waals surface area contributed by atoms with E-state index in [0.717, 1.165) is 6.07 Å². The van der Waals surface area contributed by atoms with Gasteiger partial charge in [-0.3, -0.25) is 14.6 Å². The lowest BCUT2D eigenvalue weighted by Gasteiger charge is -2.25. The minimum absolute atomic E-state index is 0.00687. The molecule has 2 heterocycles. The molecule has 0 bridgehead atoms. The molecular weight excluding hydrogens is 306 g/mol. The molecule has 2 saturated heterocycles. The Morgan fingerprint density at radius 3 is 2.57 bits per heavy atom. The maximum absolute atomic E-state index is 13.8. The third-order valence-electron chi connectivity index (χ3n) is 5.00. The number of hydrogen-bond donors (Lipinski definition) is 2. The first-order chi connectivity index (χ1) is 10.9. The quantitative estimate of drug-likeness (QED) is 0.837. The number of benzene rings is 1. The normalized spacial score (nSPS) is 28.2. The number of carboxylic acids is 1. The van der Waals surface area contributed by atoms with E-state index in [9.17, 15) is 18.7 Å². The van der Waals surface area contributed by atoms with E-state index in [-0.39, 0.29) is 19.1 Å². The van der Waals surface area contributed by atoms with E-state index in [0.29, 0.717) is 38.3 Å². The zero-order valence-electron chi connectivity index (χ0n) is 12.7. The summed E-state index contributed by atoms with van der Waals surface area (Å²) in [7, 11) is 0. The summed E-state index contributed by atoms with van der Waals surface area (Å²) in [5, 5.41) is 18.7. The molecule has 1 aromatic rings. The van der Waals surface area contributed by atoms with Gasteiger partial charge in [0.1, 0.15) is 11.6 Å². The summed E-state index contributed by atoms with van der Waals surface area (Å²) < 4.78 is 26.8. The van der Waals surface area contributed by atoms with Crippen LogP contribution in [0.3, 0.4) is 0 Å². The highest BCUT2D eigenvalue weighted by Gasteiger charge is 2.57. The van der Waals surface area contributed by atoms with Crippen molar-refractivity contribution in [1.29, 1.82) is 0 Å². The van der Waals surface area contributed by atoms with Gasteiger partial charge < -0.3 is 10.2 Å². The van der Waals surface area contributed by atoms with Gasteiger partial charge in [-0.25, -0.2) is 8.78 Å². The van der Waals surface area contributed by atoms with Gasteiger partial charge >= 0.3 is 5.97 Å². The predicted molar refractivity (Wildman–Crippen MR) is 78.7 cm³/mol. The maximum Gasteiger partial charge on any atom is 0.312 e. The molecule has 0 unspecified atom stereocenters. The molecule has 0 saturated carbocycles. The summed E-state index contributed by atoms with van der Waals surface area (Å²) in [5.74, 6) is -2.11. The first-order valence-corrected chi connectivity index (χ1v) is 7.67. The standard InChI is InChI=1S/C16H20F2N2O3/c17-13-2-1-11(14(18)5-13)6-20-8-12-7-19(3-4-21)9-16(12,10-20)15(22)23/h1-2,5,12,21H,3-4,6-10H2,(H,22,23)/t12-,16-/m1/s1. The van der Waals surface area contributed by atoms with Gasteiger partial charge in [0.2, 0.25) is 0 Å². The Hall–Kier alpha value is -1.57. The van der Waals surface area contributed by atoms with Crippen LogP contribution in [0.25, 0.3) is 0 Å². The van der Waals surface area contributed by atoms with Gasteiger partial charge in [-0.2, -0.15) is 0 Å². The SMILES string of the molecule is O=C(O)[C@@]12CN(CCO)C[C@@H]1CN(Cc1ccc(F)cc1F)C2. The molecule has 7 heteroatoms. The minimum atomic E-state index is -0.869. The Bertz CT molecular complexity index is 613. The van der Waals surface area contributed by atoms with Gasteiger partial charge in [0.05, 0.1) is 12.0 Å². The number of fused-ring (bicyclic) bond motifs is 1. The van der Waals surface area contributed by atoms with E-state index < -0.39 is 23.0 Å². The van der Waals surface area contributed by atoms with E-state index in [1.807, 2.05) is 9.80 Å². The van der Waals surface area contributed by atoms with E-state index >= 15 is 0 Å². The lowest BCUT2D eigenvalue weighted by Crippen LogP contribution is -2.41. The van der Waals surface area contributed by atoms with Crippen LogP contribution in [0.2, 0.25) is 0 Å². The van der Waals surface area contributed by atoms with Crippen LogP contribution < -0.4 is 0 Å². The number of likely N-dealkylation sites (tertiary alicyclic amines) is 2. The summed E-state index contributed by atoms with van der Waals surface area (Å²) in [4.78, 5) is 15.7. The Balaban J connectivity index is 1.73. The zero-order valence-corrected chi connectivity index (χ0v) is 12.7. The summed E-state index contributed by atoms with van der Waals surface area (Å²) in [6.45, 7) is 2.67. The Morgan fingerprint density at radius 1 is 1.26 bits per heavy atom. The monoisotopic (exact) mass is 326 g/mol. The zero-order chi connectivity index (χ0) is 16.6. The average Bonchev–Trinajstić information content (AvgIpc) is 2.97. The van der Waals surface area contributed by atoms with Crippen LogP contribution in [0.5, 0.6) is 0 Å². The van der Waals surface area contributed by atoms with Gasteiger partial charge in [0.25, 0.3) is 0 Å². The molecule has 3 rings (SSSR count). The van der Waals surface area contributed by atoms with Gasteiger partial charge in [-0.1, -0.05) is 6.07 Å². The van der Waals surface area contributed by atoms with Crippen molar-refractivity contribution in [2.45, 2.75) is 6.54 Å². The number of aliphatic hydroxyl groups is 1. The highest BCUT2D eigenvalue weighted by atomic mass is 19.1. The van der Waals surface area contributed by atoms with E-state index in [4.69, 9.17) is 5.11 Å². The number of rotatable bonds is 5. The van der Waals surface area contributed by atoms with Crippen molar-refractivity contribution in [2.24, 2.45) is 11.3 Å². The molecule has 2 aliphatic rings. The van der Waals surface area contributed by atoms with Gasteiger partial charge in [-0.15, -0.1) is 0 Å². The molecule has 2 aliphatic heterocycles. The van der Waals surface area contributed by atoms with E-state index in [1.165, 1.54) is 12.1 Å². The first-order valence-electron chi connectivity index (χ1n) is 7.67. The fourth-order valence-electron chi connectivity index (χ4n) is 3.90. The topological polar surface area (TPSA) is 64.0 Å². The number of β-amino-alcohol motifs (C(OH)–C–C–N with tert-alkyl or cyclic N) is 1. The molecule has 2 atom stereocenters. The van der Waals surface area contributed by atoms with Crippen LogP contribution in [0.15, 0.2) is 18.2 Å². The first kappa shape index (κ1) is 16.3. The molecule has 1 aromatic carbocycles. The van der Waals surface area contributed by atoms with Crippen molar-refractivity contribution in [2.75, 3.05) is 39.3 Å². The summed E-state index contributed by atoms with van der Waals surface area (Å²) in [5.41, 5.74) is -0.495. The predicted octanol–water partition coefficient (Wildman–Crippen LogP) is 0.776. The van der Waals surface area contributed by atoms with Crippen LogP contribution in [-0.2, 0) is 11.3 Å². The number of halogens is 2. The van der Waals surface area contributed by atoms with Crippen LogP contribution in [0, 0.1) is 23.0 Å². The molecule has 2 N–H and O–H groups in total. The molecule has 5 nitrogen and oxygen atoms in total. The Morgan fingerprint density at radius 2 is 1.96 bits per heavy atom. The molecule has 0 radical (unpaired) electrons. The molecule has 0 spiro atoms. The van der Waals surface area contributed by atoms with E-state index in [2.05, 4.69) is 0 Å². The van der Waals surface area contributed by atoms with Gasteiger partial charge in [-0.05, 0) is 6.07 Å². The Kier molecular flexibility index (Phi) is 4.35. The summed E-state index contributed by atoms with van der Waals surface area (Å²) >= 11 is 0. The number of nitrogens with zero attached hydrogens (tertiary/aromatic N) is 2. The van der Waals surface area contributed by atoms with Crippen molar-refractivity contribution in [1.82, 2.24) is 9.80 Å².